The summed E-state index contributed by atoms with van der Waals surface area (Å²) in [5.41, 5.74) is 1.93. The van der Waals surface area contributed by atoms with Crippen molar-refractivity contribution in [3.8, 4) is 0 Å². The van der Waals surface area contributed by atoms with Crippen LogP contribution in [0.2, 0.25) is 0 Å². The van der Waals surface area contributed by atoms with E-state index in [1.54, 1.807) is 24.3 Å². The molecule has 0 bridgehead atoms. The molecular weight excluding hydrogens is 426 g/mol. The Hall–Kier alpha value is -1.47. The van der Waals surface area contributed by atoms with Crippen LogP contribution >= 0.6 is 0 Å². The van der Waals surface area contributed by atoms with Crippen molar-refractivity contribution in [1.29, 1.82) is 0 Å². The van der Waals surface area contributed by atoms with E-state index in [2.05, 4.69) is 31.0 Å². The summed E-state index contributed by atoms with van der Waals surface area (Å²) < 4.78 is 40.2. The van der Waals surface area contributed by atoms with Crippen molar-refractivity contribution in [3.05, 3.63) is 71.3 Å². The highest BCUT2D eigenvalue weighted by Crippen LogP contribution is 2.31. The number of halogens is 2. The number of piperidine rings is 1. The van der Waals surface area contributed by atoms with Crippen molar-refractivity contribution < 1.29 is 13.3 Å². The average molecular weight is 463 g/mol. The summed E-state index contributed by atoms with van der Waals surface area (Å²) in [5.74, 6) is -0.116. The van der Waals surface area contributed by atoms with E-state index in [4.69, 9.17) is 0 Å². The molecule has 0 aliphatic carbocycles. The topological polar surface area (TPSA) is 38.3 Å². The van der Waals surface area contributed by atoms with Gasteiger partial charge in [0.25, 0.3) is 0 Å². The molecule has 0 spiro atoms. The maximum Gasteiger partial charge on any atom is 0.165 e. The molecule has 1 fully saturated rings. The Kier molecular flexibility index (Phi) is 9.12. The largest absolute Gasteiger partial charge is 0.616 e. The maximum atomic E-state index is 13.4. The lowest BCUT2D eigenvalue weighted by atomic mass is 9.92. The minimum Gasteiger partial charge on any atom is -0.616 e. The highest BCUT2D eigenvalue weighted by Gasteiger charge is 2.28. The third kappa shape index (κ3) is 7.84. The van der Waals surface area contributed by atoms with Crippen molar-refractivity contribution >= 4 is 11.2 Å². The Bertz CT molecular complexity index is 770. The molecule has 1 aliphatic rings. The summed E-state index contributed by atoms with van der Waals surface area (Å²) in [6, 6.07) is 12.8. The van der Waals surface area contributed by atoms with E-state index in [-0.39, 0.29) is 11.6 Å². The van der Waals surface area contributed by atoms with Crippen LogP contribution in [0.25, 0.3) is 0 Å². The number of hydrogen-bond acceptors (Lipinski definition) is 3. The van der Waals surface area contributed by atoms with Gasteiger partial charge in [-0.05, 0) is 79.8 Å². The number of rotatable bonds is 9. The van der Waals surface area contributed by atoms with Gasteiger partial charge in [0, 0.05) is 23.7 Å². The highest BCUT2D eigenvalue weighted by atomic mass is 32.2. The van der Waals surface area contributed by atoms with Crippen molar-refractivity contribution in [3.63, 3.8) is 0 Å². The zero-order chi connectivity index (χ0) is 23.1. The third-order valence-corrected chi connectivity index (χ3v) is 7.77. The summed E-state index contributed by atoms with van der Waals surface area (Å²) in [6.45, 7) is 10.6. The van der Waals surface area contributed by atoms with Crippen LogP contribution < -0.4 is 5.32 Å². The summed E-state index contributed by atoms with van der Waals surface area (Å²) >= 11 is -1.20. The van der Waals surface area contributed by atoms with Gasteiger partial charge in [0.05, 0.1) is 0 Å². The van der Waals surface area contributed by atoms with E-state index >= 15 is 0 Å². The Labute approximate surface area is 194 Å². The molecule has 0 amide bonds. The third-order valence-electron chi connectivity index (χ3n) is 6.11. The number of benzene rings is 2. The molecule has 2 aromatic rings. The second-order valence-electron chi connectivity index (χ2n) is 9.95. The minimum absolute atomic E-state index is 0.323. The van der Waals surface area contributed by atoms with Gasteiger partial charge in [0.2, 0.25) is 0 Å². The molecule has 0 saturated carbocycles. The van der Waals surface area contributed by atoms with Crippen LogP contribution in [0, 0.1) is 17.0 Å². The monoisotopic (exact) mass is 462 g/mol. The van der Waals surface area contributed by atoms with Crippen molar-refractivity contribution in [2.75, 3.05) is 31.9 Å². The molecule has 176 valence electrons. The van der Waals surface area contributed by atoms with E-state index in [1.165, 1.54) is 30.7 Å². The molecule has 1 unspecified atom stereocenters. The van der Waals surface area contributed by atoms with Crippen LogP contribution in [0.4, 0.5) is 8.78 Å². The molecule has 1 aliphatic heterocycles. The first-order valence-corrected chi connectivity index (χ1v) is 12.9. The molecule has 1 heterocycles. The van der Waals surface area contributed by atoms with Gasteiger partial charge in [0.15, 0.2) is 5.25 Å². The lowest BCUT2D eigenvalue weighted by Crippen LogP contribution is -2.44. The predicted molar refractivity (Wildman–Crippen MR) is 129 cm³/mol. The molecule has 3 nitrogen and oxygen atoms in total. The van der Waals surface area contributed by atoms with E-state index in [1.807, 2.05) is 0 Å². The van der Waals surface area contributed by atoms with Crippen molar-refractivity contribution in [1.82, 2.24) is 10.2 Å². The zero-order valence-electron chi connectivity index (χ0n) is 19.4. The van der Waals surface area contributed by atoms with E-state index in [0.29, 0.717) is 17.2 Å². The van der Waals surface area contributed by atoms with E-state index in [9.17, 15) is 13.3 Å². The standard InChI is InChI=1S/C26H36F2N2OS/c1-26(2,3)14-15-29-24-12-16-30(17-13-24)18-19-32(31)25(20-4-8-22(27)9-5-20)21-6-10-23(28)11-7-21/h4-11,24-25,29H,12-19H2,1-3H3. The number of nitrogens with one attached hydrogen (secondary N) is 1. The van der Waals surface area contributed by atoms with Gasteiger partial charge in [-0.25, -0.2) is 8.78 Å². The Morgan fingerprint density at radius 2 is 1.47 bits per heavy atom. The van der Waals surface area contributed by atoms with Gasteiger partial charge in [-0.3, -0.25) is 4.90 Å². The van der Waals surface area contributed by atoms with Gasteiger partial charge < -0.3 is 9.87 Å². The summed E-state index contributed by atoms with van der Waals surface area (Å²) in [7, 11) is 0. The molecule has 1 atom stereocenters. The first-order chi connectivity index (χ1) is 15.2. The fourth-order valence-corrected chi connectivity index (χ4v) is 5.72. The fourth-order valence-electron chi connectivity index (χ4n) is 4.12. The van der Waals surface area contributed by atoms with Gasteiger partial charge >= 0.3 is 0 Å². The predicted octanol–water partition coefficient (Wildman–Crippen LogP) is 5.29. The van der Waals surface area contributed by atoms with Crippen LogP contribution in [0.5, 0.6) is 0 Å². The fraction of sp³-hybridized carbons (Fsp3) is 0.538. The quantitative estimate of drug-likeness (QED) is 0.515. The van der Waals surface area contributed by atoms with Crippen molar-refractivity contribution in [2.45, 2.75) is 51.3 Å². The summed E-state index contributed by atoms with van der Waals surface area (Å²) in [5, 5.41) is 3.29. The number of hydrogen-bond donors (Lipinski definition) is 1. The summed E-state index contributed by atoms with van der Waals surface area (Å²) in [4.78, 5) is 2.38. The van der Waals surface area contributed by atoms with Gasteiger partial charge in [0.1, 0.15) is 17.4 Å². The maximum absolute atomic E-state index is 13.4. The molecule has 32 heavy (non-hydrogen) atoms. The van der Waals surface area contributed by atoms with Crippen LogP contribution in [-0.2, 0) is 11.2 Å². The molecule has 0 radical (unpaired) electrons. The zero-order valence-corrected chi connectivity index (χ0v) is 20.3. The Morgan fingerprint density at radius 1 is 0.969 bits per heavy atom. The van der Waals surface area contributed by atoms with Crippen LogP contribution in [0.3, 0.4) is 0 Å². The van der Waals surface area contributed by atoms with Gasteiger partial charge in [-0.1, -0.05) is 45.0 Å². The number of nitrogens with zero attached hydrogens (tertiary/aromatic N) is 1. The molecule has 1 N–H and O–H groups in total. The summed E-state index contributed by atoms with van der Waals surface area (Å²) in [6.07, 6.45) is 3.38. The number of likely N-dealkylation sites (tertiary alicyclic amines) is 1. The lowest BCUT2D eigenvalue weighted by molar-refractivity contribution is 0.203. The SMILES string of the molecule is CC(C)(C)CCNC1CCN(CC[S+]([O-])C(c2ccc(F)cc2)c2ccc(F)cc2)CC1. The molecule has 3 rings (SSSR count). The Balaban J connectivity index is 1.54. The molecule has 6 heteroatoms. The van der Waals surface area contributed by atoms with E-state index in [0.717, 1.165) is 50.1 Å². The lowest BCUT2D eigenvalue weighted by Gasteiger charge is -2.33. The first kappa shape index (κ1) is 25.2. The normalized spacial score (nSPS) is 17.1. The van der Waals surface area contributed by atoms with Crippen molar-refractivity contribution in [2.24, 2.45) is 5.41 Å². The second kappa shape index (κ2) is 11.6. The minimum atomic E-state index is -1.20. The van der Waals surface area contributed by atoms with Gasteiger partial charge in [-0.2, -0.15) is 0 Å². The molecule has 1 saturated heterocycles. The van der Waals surface area contributed by atoms with E-state index < -0.39 is 16.4 Å². The van der Waals surface area contributed by atoms with Crippen LogP contribution in [0.15, 0.2) is 48.5 Å². The molecule has 2 aromatic carbocycles. The highest BCUT2D eigenvalue weighted by molar-refractivity contribution is 7.91. The molecular formula is C26H36F2N2OS. The van der Waals surface area contributed by atoms with Crippen LogP contribution in [-0.4, -0.2) is 47.4 Å². The van der Waals surface area contributed by atoms with Crippen LogP contribution in [0.1, 0.15) is 56.4 Å². The second-order valence-corrected chi connectivity index (χ2v) is 11.6. The first-order valence-electron chi connectivity index (χ1n) is 11.6. The van der Waals surface area contributed by atoms with Gasteiger partial charge in [-0.15, -0.1) is 0 Å². The Morgan fingerprint density at radius 3 is 1.94 bits per heavy atom. The smallest absolute Gasteiger partial charge is 0.165 e. The average Bonchev–Trinajstić information content (AvgIpc) is 2.75. The molecule has 0 aromatic heterocycles.